The summed E-state index contributed by atoms with van der Waals surface area (Å²) < 4.78 is 68.6. The van der Waals surface area contributed by atoms with Gasteiger partial charge in [-0.1, -0.05) is 37.1 Å². The molecular weight excluding hydrogens is 893 g/mol. The van der Waals surface area contributed by atoms with Crippen molar-refractivity contribution in [1.29, 1.82) is 0 Å². The number of unbranched alkanes of at least 4 members (excludes halogenated alkanes) is 3. The van der Waals surface area contributed by atoms with Crippen LogP contribution >= 0.6 is 0 Å². The first-order chi connectivity index (χ1) is 31.6. The van der Waals surface area contributed by atoms with Gasteiger partial charge in [-0.2, -0.15) is 18.4 Å². The van der Waals surface area contributed by atoms with Gasteiger partial charge in [-0.15, -0.1) is 10.2 Å². The zero-order valence-electron chi connectivity index (χ0n) is 36.0. The summed E-state index contributed by atoms with van der Waals surface area (Å²) in [4.78, 5) is 60.1. The number of aromatic nitrogens is 4. The Hall–Kier alpha value is -4.97. The minimum Gasteiger partial charge on any atom is -0.477 e. The molecule has 1 saturated heterocycles. The maximum atomic E-state index is 12.7. The van der Waals surface area contributed by atoms with Gasteiger partial charge in [-0.3, -0.25) is 19.2 Å². The van der Waals surface area contributed by atoms with Crippen LogP contribution < -0.4 is 21.3 Å². The molecule has 1 aromatic heterocycles. The van der Waals surface area contributed by atoms with Gasteiger partial charge in [0.25, 0.3) is 5.79 Å². The van der Waals surface area contributed by atoms with E-state index in [1.807, 2.05) is 0 Å². The lowest BCUT2D eigenvalue weighted by molar-refractivity contribution is -0.310. The van der Waals surface area contributed by atoms with Gasteiger partial charge in [0, 0.05) is 38.0 Å². The van der Waals surface area contributed by atoms with Crippen LogP contribution in [0.4, 0.5) is 13.2 Å². The van der Waals surface area contributed by atoms with Crippen LogP contribution in [-0.2, 0) is 58.8 Å². The number of aliphatic hydroxyl groups is 4. The Morgan fingerprint density at radius 1 is 0.818 bits per heavy atom. The second-order valence-corrected chi connectivity index (χ2v) is 14.7. The number of aromatic amines is 1. The Labute approximate surface area is 376 Å². The van der Waals surface area contributed by atoms with Crippen LogP contribution in [0.25, 0.3) is 11.4 Å². The molecule has 0 radical (unpaired) electrons. The fourth-order valence-corrected chi connectivity index (χ4v) is 6.21. The zero-order valence-corrected chi connectivity index (χ0v) is 36.0. The van der Waals surface area contributed by atoms with E-state index in [0.29, 0.717) is 49.2 Å². The van der Waals surface area contributed by atoms with E-state index >= 15 is 0 Å². The van der Waals surface area contributed by atoms with Gasteiger partial charge >= 0.3 is 18.1 Å². The van der Waals surface area contributed by atoms with Gasteiger partial charge in [-0.05, 0) is 23.6 Å². The van der Waals surface area contributed by atoms with E-state index in [9.17, 15) is 62.7 Å². The summed E-state index contributed by atoms with van der Waals surface area (Å²) >= 11 is 0. The first kappa shape index (κ1) is 55.4. The summed E-state index contributed by atoms with van der Waals surface area (Å²) in [5.74, 6) is -7.56. The van der Waals surface area contributed by atoms with Crippen LogP contribution in [0.15, 0.2) is 24.3 Å². The molecule has 66 heavy (non-hydrogen) atoms. The highest BCUT2D eigenvalue weighted by molar-refractivity contribution is 5.81. The summed E-state index contributed by atoms with van der Waals surface area (Å²) in [6.45, 7) is -0.250. The molecule has 4 amide bonds. The van der Waals surface area contributed by atoms with E-state index in [1.54, 1.807) is 29.6 Å². The van der Waals surface area contributed by atoms with E-state index in [2.05, 4.69) is 36.6 Å². The number of carboxylic acid groups (broad SMARTS) is 1. The van der Waals surface area contributed by atoms with Gasteiger partial charge in [-0.25, -0.2) is 4.79 Å². The van der Waals surface area contributed by atoms with Crippen molar-refractivity contribution in [3.05, 3.63) is 29.8 Å². The van der Waals surface area contributed by atoms with Crippen LogP contribution in [0.5, 0.6) is 0 Å². The molecule has 2 aromatic rings. The molecule has 0 unspecified atom stereocenters. The molecule has 10 N–H and O–H groups in total. The number of tetrazole rings is 1. The Balaban J connectivity index is 1.29. The quantitative estimate of drug-likeness (QED) is 0.0330. The Bertz CT molecular complexity index is 1750. The normalized spacial score (nSPS) is 19.4. The fourth-order valence-electron chi connectivity index (χ4n) is 6.21. The zero-order chi connectivity index (χ0) is 48.4. The molecule has 6 atom stereocenters. The molecule has 1 aliphatic rings. The van der Waals surface area contributed by atoms with Crippen molar-refractivity contribution in [1.82, 2.24) is 41.9 Å². The second-order valence-electron chi connectivity index (χ2n) is 14.7. The Morgan fingerprint density at radius 3 is 2.06 bits per heavy atom. The number of H-pyrrole nitrogens is 1. The highest BCUT2D eigenvalue weighted by Gasteiger charge is 2.55. The van der Waals surface area contributed by atoms with Crippen LogP contribution in [0.2, 0.25) is 0 Å². The van der Waals surface area contributed by atoms with E-state index < -0.39 is 85.7 Å². The number of benzene rings is 1. The van der Waals surface area contributed by atoms with Crippen molar-refractivity contribution in [2.45, 2.75) is 87.4 Å². The topological polar surface area (TPSA) is 344 Å². The van der Waals surface area contributed by atoms with Crippen LogP contribution in [0.3, 0.4) is 0 Å². The first-order valence-corrected chi connectivity index (χ1v) is 21.1. The lowest BCUT2D eigenvalue weighted by Gasteiger charge is -2.46. The molecular formula is C39H59F3N8O16. The van der Waals surface area contributed by atoms with Crippen LogP contribution in [0.1, 0.15) is 44.1 Å². The SMILES string of the molecule is O=C(CCOCCOCCOCCOCCNC(=O)C(F)(F)F)NCCCCCCO[C@]1(C(=O)O)C[C@H](O)[C@@H](NC(=O)CO)[C@H]([C@H](O)[C@H](O)CNC(=O)Cc2ccc(-c3nn[nH]n3)cc2)O1. The van der Waals surface area contributed by atoms with Crippen molar-refractivity contribution in [3.63, 3.8) is 0 Å². The third-order valence-electron chi connectivity index (χ3n) is 9.64. The summed E-state index contributed by atoms with van der Waals surface area (Å²) in [5.41, 5.74) is 1.25. The average Bonchev–Trinajstić information content (AvgIpc) is 3.83. The fraction of sp³-hybridized carbons (Fsp3) is 0.692. The Kier molecular flexibility index (Phi) is 24.8. The summed E-state index contributed by atoms with van der Waals surface area (Å²) in [6.07, 6.45) is -10.7. The number of ether oxygens (including phenoxy) is 6. The number of aliphatic hydroxyl groups excluding tert-OH is 4. The number of alkyl halides is 3. The molecule has 1 aromatic carbocycles. The van der Waals surface area contributed by atoms with Crippen molar-refractivity contribution >= 4 is 29.6 Å². The van der Waals surface area contributed by atoms with Crippen LogP contribution in [-0.4, -0.2) is 204 Å². The highest BCUT2D eigenvalue weighted by Crippen LogP contribution is 2.34. The number of hydrogen-bond acceptors (Lipinski definition) is 18. The number of carbonyl (C=O) groups excluding carboxylic acids is 4. The monoisotopic (exact) mass is 952 g/mol. The number of aliphatic carboxylic acids is 1. The molecule has 372 valence electrons. The standard InChI is InChI=1S/C39H59F3N8O16/c40-39(41,42)36(58)44-11-14-62-16-18-64-20-19-63-17-15-61-13-9-29(54)43-10-3-1-2-4-12-65-38(37(59)60)22-27(52)32(46-31(56)24-51)34(66-38)33(57)28(53)23-45-30(55)21-25-5-7-26(8-6-25)35-47-49-50-48-35/h5-8,27-28,32-34,51-53,57H,1-4,9-24H2,(H,43,54)(H,44,58)(H,45,55)(H,46,56)(H,59,60)(H,47,48,49,50)/t27-,28+,32+,33+,34+,38+/m0/s1. The highest BCUT2D eigenvalue weighted by atomic mass is 19.4. The molecule has 0 aliphatic carbocycles. The minimum atomic E-state index is -4.94. The lowest BCUT2D eigenvalue weighted by atomic mass is 9.88. The second kappa shape index (κ2) is 29.6. The number of hydrogen-bond donors (Lipinski definition) is 10. The lowest BCUT2D eigenvalue weighted by Crippen LogP contribution is -2.68. The van der Waals surface area contributed by atoms with Crippen molar-refractivity contribution in [2.75, 3.05) is 85.7 Å². The average molecular weight is 953 g/mol. The maximum Gasteiger partial charge on any atom is 0.471 e. The molecule has 0 bridgehead atoms. The number of nitrogens with one attached hydrogen (secondary N) is 5. The van der Waals surface area contributed by atoms with Gasteiger partial charge < -0.3 is 75.2 Å². The van der Waals surface area contributed by atoms with Gasteiger partial charge in [0.05, 0.1) is 84.1 Å². The van der Waals surface area contributed by atoms with E-state index in [4.69, 9.17) is 28.4 Å². The van der Waals surface area contributed by atoms with E-state index in [-0.39, 0.29) is 84.8 Å². The third kappa shape index (κ3) is 20.3. The molecule has 24 nitrogen and oxygen atoms in total. The number of rotatable bonds is 33. The molecule has 1 aliphatic heterocycles. The van der Waals surface area contributed by atoms with Gasteiger partial charge in [0.2, 0.25) is 23.5 Å². The molecule has 2 heterocycles. The molecule has 0 saturated carbocycles. The number of amides is 4. The maximum absolute atomic E-state index is 12.7. The molecule has 3 rings (SSSR count). The summed E-state index contributed by atoms with van der Waals surface area (Å²) in [7, 11) is 0. The number of carboxylic acids is 1. The van der Waals surface area contributed by atoms with Crippen molar-refractivity contribution < 1.29 is 91.1 Å². The number of halogens is 3. The number of nitrogens with zero attached hydrogens (tertiary/aromatic N) is 3. The smallest absolute Gasteiger partial charge is 0.471 e. The molecule has 1 fully saturated rings. The van der Waals surface area contributed by atoms with Crippen molar-refractivity contribution in [3.8, 4) is 11.4 Å². The van der Waals surface area contributed by atoms with Crippen LogP contribution in [0, 0.1) is 0 Å². The van der Waals surface area contributed by atoms with E-state index in [0.717, 1.165) is 0 Å². The summed E-state index contributed by atoms with van der Waals surface area (Å²) in [6, 6.07) is 5.20. The largest absolute Gasteiger partial charge is 0.477 e. The van der Waals surface area contributed by atoms with E-state index in [1.165, 1.54) is 0 Å². The predicted octanol–water partition coefficient (Wildman–Crippen LogP) is -2.52. The number of carbonyl (C=O) groups is 5. The van der Waals surface area contributed by atoms with Crippen molar-refractivity contribution in [2.24, 2.45) is 0 Å². The minimum absolute atomic E-state index is 0.0978. The Morgan fingerprint density at radius 2 is 1.45 bits per heavy atom. The summed E-state index contributed by atoms with van der Waals surface area (Å²) in [5, 5.41) is 75.3. The molecule has 0 spiro atoms. The van der Waals surface area contributed by atoms with Gasteiger partial charge in [0.1, 0.15) is 18.8 Å². The first-order valence-electron chi connectivity index (χ1n) is 21.1. The molecule has 27 heteroatoms. The third-order valence-corrected chi connectivity index (χ3v) is 9.64. The van der Waals surface area contributed by atoms with Gasteiger partial charge in [0.15, 0.2) is 0 Å². The predicted molar refractivity (Wildman–Crippen MR) is 218 cm³/mol.